The van der Waals surface area contributed by atoms with Gasteiger partial charge in [0.1, 0.15) is 0 Å². The first kappa shape index (κ1) is 16.4. The summed E-state index contributed by atoms with van der Waals surface area (Å²) in [6.07, 6.45) is 2.15. The van der Waals surface area contributed by atoms with E-state index < -0.39 is 0 Å². The van der Waals surface area contributed by atoms with Gasteiger partial charge in [-0.05, 0) is 49.9 Å². The zero-order chi connectivity index (χ0) is 15.3. The van der Waals surface area contributed by atoms with Gasteiger partial charge in [0.25, 0.3) is 0 Å². The van der Waals surface area contributed by atoms with Crippen molar-refractivity contribution in [3.05, 3.63) is 69.7 Å². The summed E-state index contributed by atoms with van der Waals surface area (Å²) >= 11 is 12.0. The maximum Gasteiger partial charge on any atom is 0.0595 e. The monoisotopic (exact) mass is 321 g/mol. The summed E-state index contributed by atoms with van der Waals surface area (Å²) in [7, 11) is 0. The molecule has 1 N–H and O–H groups in total. The molecule has 2 aromatic carbocycles. The third kappa shape index (κ3) is 5.35. The lowest BCUT2D eigenvalue weighted by Crippen LogP contribution is -2.39. The number of halogens is 2. The average molecular weight is 322 g/mol. The van der Waals surface area contributed by atoms with Crippen molar-refractivity contribution in [3.63, 3.8) is 0 Å². The summed E-state index contributed by atoms with van der Waals surface area (Å²) in [5.41, 5.74) is 2.60. The molecule has 0 fully saturated rings. The van der Waals surface area contributed by atoms with Gasteiger partial charge in [-0.1, -0.05) is 59.6 Å². The van der Waals surface area contributed by atoms with E-state index in [1.165, 1.54) is 5.56 Å². The molecular weight excluding hydrogens is 301 g/mol. The largest absolute Gasteiger partial charge is 0.308 e. The van der Waals surface area contributed by atoms with Gasteiger partial charge in [-0.25, -0.2) is 0 Å². The van der Waals surface area contributed by atoms with E-state index in [0.717, 1.165) is 24.9 Å². The number of aryl methyl sites for hydroxylation is 1. The van der Waals surface area contributed by atoms with Crippen LogP contribution in [0.3, 0.4) is 0 Å². The molecule has 0 atom stereocenters. The number of rotatable bonds is 6. The Bertz CT molecular complexity index is 579. The van der Waals surface area contributed by atoms with Crippen LogP contribution in [-0.2, 0) is 13.0 Å². The summed E-state index contributed by atoms with van der Waals surface area (Å²) in [5, 5.41) is 4.80. The molecule has 0 spiro atoms. The molecule has 0 heterocycles. The van der Waals surface area contributed by atoms with Crippen molar-refractivity contribution in [2.75, 3.05) is 0 Å². The molecule has 0 amide bonds. The normalized spacial score (nSPS) is 11.6. The van der Waals surface area contributed by atoms with E-state index in [4.69, 9.17) is 23.2 Å². The van der Waals surface area contributed by atoms with Crippen LogP contribution in [0.5, 0.6) is 0 Å². The van der Waals surface area contributed by atoms with E-state index in [9.17, 15) is 0 Å². The first-order chi connectivity index (χ1) is 9.96. The molecule has 0 bridgehead atoms. The average Bonchev–Trinajstić information content (AvgIpc) is 2.48. The molecular formula is C18H21Cl2N. The summed E-state index contributed by atoms with van der Waals surface area (Å²) in [6.45, 7) is 5.25. The van der Waals surface area contributed by atoms with E-state index in [2.05, 4.69) is 49.5 Å². The van der Waals surface area contributed by atoms with Crippen molar-refractivity contribution in [1.82, 2.24) is 5.32 Å². The minimum atomic E-state index is 0.0714. The molecule has 0 radical (unpaired) electrons. The Morgan fingerprint density at radius 3 is 2.29 bits per heavy atom. The summed E-state index contributed by atoms with van der Waals surface area (Å²) < 4.78 is 0. The smallest absolute Gasteiger partial charge is 0.0595 e. The van der Waals surface area contributed by atoms with Crippen LogP contribution in [0.2, 0.25) is 10.0 Å². The third-order valence-electron chi connectivity index (χ3n) is 3.64. The minimum Gasteiger partial charge on any atom is -0.308 e. The Morgan fingerprint density at radius 1 is 0.905 bits per heavy atom. The summed E-state index contributed by atoms with van der Waals surface area (Å²) in [5.74, 6) is 0. The fourth-order valence-corrected chi connectivity index (χ4v) is 2.50. The third-order valence-corrected chi connectivity index (χ3v) is 4.38. The minimum absolute atomic E-state index is 0.0714. The second-order valence-electron chi connectivity index (χ2n) is 5.97. The van der Waals surface area contributed by atoms with Gasteiger partial charge in [-0.2, -0.15) is 0 Å². The van der Waals surface area contributed by atoms with Crippen molar-refractivity contribution in [2.45, 2.75) is 38.8 Å². The number of hydrogen-bond acceptors (Lipinski definition) is 1. The van der Waals surface area contributed by atoms with Gasteiger partial charge in [-0.3, -0.25) is 0 Å². The van der Waals surface area contributed by atoms with Gasteiger partial charge in [0.2, 0.25) is 0 Å². The Balaban J connectivity index is 1.87. The van der Waals surface area contributed by atoms with Crippen LogP contribution >= 0.6 is 23.2 Å². The lowest BCUT2D eigenvalue weighted by Gasteiger charge is -2.26. The van der Waals surface area contributed by atoms with Crippen LogP contribution in [0, 0.1) is 0 Å². The Labute approximate surface area is 137 Å². The molecule has 112 valence electrons. The highest BCUT2D eigenvalue weighted by Gasteiger charge is 2.16. The van der Waals surface area contributed by atoms with Gasteiger partial charge in [0, 0.05) is 12.1 Å². The Hall–Kier alpha value is -1.02. The number of benzene rings is 2. The molecule has 2 aromatic rings. The molecule has 0 aliphatic heterocycles. The quantitative estimate of drug-likeness (QED) is 0.741. The van der Waals surface area contributed by atoms with Crippen molar-refractivity contribution < 1.29 is 0 Å². The summed E-state index contributed by atoms with van der Waals surface area (Å²) in [6, 6.07) is 16.4. The molecule has 21 heavy (non-hydrogen) atoms. The zero-order valence-corrected chi connectivity index (χ0v) is 14.0. The van der Waals surface area contributed by atoms with Gasteiger partial charge in [0.05, 0.1) is 10.0 Å². The molecule has 3 heteroatoms. The van der Waals surface area contributed by atoms with E-state index in [-0.39, 0.29) is 5.54 Å². The standard InChI is InChI=1S/C18H21Cl2N/c1-18(2,11-10-14-6-4-3-5-7-14)21-13-15-8-9-16(19)17(20)12-15/h3-9,12,21H,10-11,13H2,1-2H3. The van der Waals surface area contributed by atoms with Crippen LogP contribution in [0.4, 0.5) is 0 Å². The van der Waals surface area contributed by atoms with Gasteiger partial charge >= 0.3 is 0 Å². The van der Waals surface area contributed by atoms with Crippen LogP contribution < -0.4 is 5.32 Å². The lowest BCUT2D eigenvalue weighted by molar-refractivity contribution is 0.360. The fraction of sp³-hybridized carbons (Fsp3) is 0.333. The maximum atomic E-state index is 6.05. The first-order valence-corrected chi connectivity index (χ1v) is 7.95. The van der Waals surface area contributed by atoms with E-state index in [1.807, 2.05) is 18.2 Å². The van der Waals surface area contributed by atoms with Crippen molar-refractivity contribution >= 4 is 23.2 Å². The molecule has 0 aliphatic rings. The number of hydrogen-bond donors (Lipinski definition) is 1. The first-order valence-electron chi connectivity index (χ1n) is 7.19. The molecule has 0 saturated carbocycles. The predicted molar refractivity (Wildman–Crippen MR) is 92.1 cm³/mol. The topological polar surface area (TPSA) is 12.0 Å². The molecule has 0 saturated heterocycles. The SMILES string of the molecule is CC(C)(CCc1ccccc1)NCc1ccc(Cl)c(Cl)c1. The second kappa shape index (κ2) is 7.31. The van der Waals surface area contributed by atoms with E-state index >= 15 is 0 Å². The van der Waals surface area contributed by atoms with Crippen molar-refractivity contribution in [2.24, 2.45) is 0 Å². The van der Waals surface area contributed by atoms with Crippen LogP contribution in [0.15, 0.2) is 48.5 Å². The molecule has 0 aromatic heterocycles. The van der Waals surface area contributed by atoms with E-state index in [1.54, 1.807) is 0 Å². The molecule has 1 nitrogen and oxygen atoms in total. The summed E-state index contributed by atoms with van der Waals surface area (Å²) in [4.78, 5) is 0. The highest BCUT2D eigenvalue weighted by atomic mass is 35.5. The van der Waals surface area contributed by atoms with E-state index in [0.29, 0.717) is 10.0 Å². The maximum absolute atomic E-state index is 6.05. The zero-order valence-electron chi connectivity index (χ0n) is 12.5. The van der Waals surface area contributed by atoms with Crippen LogP contribution in [-0.4, -0.2) is 5.54 Å². The highest BCUT2D eigenvalue weighted by Crippen LogP contribution is 2.23. The van der Waals surface area contributed by atoms with Crippen molar-refractivity contribution in [1.29, 1.82) is 0 Å². The van der Waals surface area contributed by atoms with Gasteiger partial charge < -0.3 is 5.32 Å². The van der Waals surface area contributed by atoms with Gasteiger partial charge in [0.15, 0.2) is 0 Å². The van der Waals surface area contributed by atoms with Crippen LogP contribution in [0.1, 0.15) is 31.4 Å². The Kier molecular flexibility index (Phi) is 5.69. The van der Waals surface area contributed by atoms with Crippen LogP contribution in [0.25, 0.3) is 0 Å². The molecule has 2 rings (SSSR count). The predicted octanol–water partition coefficient (Wildman–Crippen LogP) is 5.49. The van der Waals surface area contributed by atoms with Gasteiger partial charge in [-0.15, -0.1) is 0 Å². The lowest BCUT2D eigenvalue weighted by atomic mass is 9.95. The fourth-order valence-electron chi connectivity index (χ4n) is 2.18. The second-order valence-corrected chi connectivity index (χ2v) is 6.79. The number of nitrogens with one attached hydrogen (secondary N) is 1. The van der Waals surface area contributed by atoms with Crippen molar-refractivity contribution in [3.8, 4) is 0 Å². The Morgan fingerprint density at radius 2 is 1.62 bits per heavy atom. The highest BCUT2D eigenvalue weighted by molar-refractivity contribution is 6.42. The molecule has 0 aliphatic carbocycles. The molecule has 0 unspecified atom stereocenters.